The first-order chi connectivity index (χ1) is 8.51. The van der Waals surface area contributed by atoms with Crippen molar-refractivity contribution in [3.63, 3.8) is 0 Å². The van der Waals surface area contributed by atoms with Crippen molar-refractivity contribution < 1.29 is 0 Å². The maximum absolute atomic E-state index is 3.63. The van der Waals surface area contributed by atoms with Crippen LogP contribution in [0, 0.1) is 19.3 Å². The molecular formula is C17H27N. The molecule has 1 aromatic carbocycles. The van der Waals surface area contributed by atoms with Gasteiger partial charge >= 0.3 is 0 Å². The SMILES string of the molecule is Cc1ccc(CC2(CNC(C)C)CCC2)cc1C. The van der Waals surface area contributed by atoms with Gasteiger partial charge < -0.3 is 5.32 Å². The largest absolute Gasteiger partial charge is 0.314 e. The van der Waals surface area contributed by atoms with Gasteiger partial charge in [-0.25, -0.2) is 0 Å². The maximum atomic E-state index is 3.63. The van der Waals surface area contributed by atoms with Crippen LogP contribution in [0.1, 0.15) is 49.8 Å². The predicted molar refractivity (Wildman–Crippen MR) is 79.0 cm³/mol. The van der Waals surface area contributed by atoms with Crippen LogP contribution in [0.25, 0.3) is 0 Å². The Labute approximate surface area is 112 Å². The Balaban J connectivity index is 2.03. The highest BCUT2D eigenvalue weighted by Gasteiger charge is 2.36. The van der Waals surface area contributed by atoms with Gasteiger partial charge in [-0.05, 0) is 55.2 Å². The highest BCUT2D eigenvalue weighted by atomic mass is 14.9. The summed E-state index contributed by atoms with van der Waals surface area (Å²) in [6.45, 7) is 10.1. The molecule has 1 aliphatic carbocycles. The van der Waals surface area contributed by atoms with Gasteiger partial charge in [0.2, 0.25) is 0 Å². The van der Waals surface area contributed by atoms with Gasteiger partial charge in [0.1, 0.15) is 0 Å². The summed E-state index contributed by atoms with van der Waals surface area (Å²) in [5.74, 6) is 0. The van der Waals surface area contributed by atoms with Crippen molar-refractivity contribution in [3.05, 3.63) is 34.9 Å². The summed E-state index contributed by atoms with van der Waals surface area (Å²) in [5.41, 5.74) is 4.88. The molecule has 0 bridgehead atoms. The monoisotopic (exact) mass is 245 g/mol. The molecule has 1 N–H and O–H groups in total. The van der Waals surface area contributed by atoms with E-state index >= 15 is 0 Å². The van der Waals surface area contributed by atoms with E-state index in [9.17, 15) is 0 Å². The highest BCUT2D eigenvalue weighted by molar-refractivity contribution is 5.30. The number of rotatable bonds is 5. The fourth-order valence-corrected chi connectivity index (χ4v) is 2.86. The third-order valence-electron chi connectivity index (χ3n) is 4.45. The first kappa shape index (κ1) is 13.6. The highest BCUT2D eigenvalue weighted by Crippen LogP contribution is 2.43. The van der Waals surface area contributed by atoms with Crippen LogP contribution >= 0.6 is 0 Å². The van der Waals surface area contributed by atoms with Gasteiger partial charge in [0.05, 0.1) is 0 Å². The molecule has 0 saturated heterocycles. The second kappa shape index (κ2) is 5.44. The van der Waals surface area contributed by atoms with Gasteiger partial charge in [-0.2, -0.15) is 0 Å². The number of nitrogens with one attached hydrogen (secondary N) is 1. The topological polar surface area (TPSA) is 12.0 Å². The van der Waals surface area contributed by atoms with Crippen molar-refractivity contribution in [2.75, 3.05) is 6.54 Å². The van der Waals surface area contributed by atoms with E-state index in [0.717, 1.165) is 0 Å². The third-order valence-corrected chi connectivity index (χ3v) is 4.45. The lowest BCUT2D eigenvalue weighted by molar-refractivity contribution is 0.126. The van der Waals surface area contributed by atoms with Crippen molar-refractivity contribution in [2.24, 2.45) is 5.41 Å². The van der Waals surface area contributed by atoms with E-state index < -0.39 is 0 Å². The van der Waals surface area contributed by atoms with Crippen LogP contribution in [0.3, 0.4) is 0 Å². The average molecular weight is 245 g/mol. The Morgan fingerprint density at radius 3 is 2.39 bits per heavy atom. The molecule has 18 heavy (non-hydrogen) atoms. The molecule has 0 heterocycles. The number of aryl methyl sites for hydroxylation is 2. The Morgan fingerprint density at radius 1 is 1.17 bits per heavy atom. The summed E-state index contributed by atoms with van der Waals surface area (Å²) < 4.78 is 0. The Bertz CT molecular complexity index is 402. The molecule has 2 rings (SSSR count). The molecule has 1 saturated carbocycles. The van der Waals surface area contributed by atoms with Crippen LogP contribution in [-0.2, 0) is 6.42 Å². The van der Waals surface area contributed by atoms with Crippen molar-refractivity contribution in [2.45, 2.75) is 59.4 Å². The van der Waals surface area contributed by atoms with Gasteiger partial charge in [0.15, 0.2) is 0 Å². The Kier molecular flexibility index (Phi) is 4.11. The van der Waals surface area contributed by atoms with Gasteiger partial charge in [0, 0.05) is 12.6 Å². The molecular weight excluding hydrogens is 218 g/mol. The number of hydrogen-bond acceptors (Lipinski definition) is 1. The van der Waals surface area contributed by atoms with E-state index in [1.54, 1.807) is 0 Å². The summed E-state index contributed by atoms with van der Waals surface area (Å²) in [6.07, 6.45) is 5.43. The maximum Gasteiger partial charge on any atom is 0.00134 e. The fraction of sp³-hybridized carbons (Fsp3) is 0.647. The summed E-state index contributed by atoms with van der Waals surface area (Å²) in [5, 5.41) is 3.63. The van der Waals surface area contributed by atoms with Crippen molar-refractivity contribution >= 4 is 0 Å². The zero-order chi connectivity index (χ0) is 13.2. The molecule has 0 radical (unpaired) electrons. The quantitative estimate of drug-likeness (QED) is 0.826. The zero-order valence-corrected chi connectivity index (χ0v) is 12.3. The summed E-state index contributed by atoms with van der Waals surface area (Å²) in [7, 11) is 0. The van der Waals surface area contributed by atoms with Crippen LogP contribution in [-0.4, -0.2) is 12.6 Å². The van der Waals surface area contributed by atoms with E-state index in [1.165, 1.54) is 48.9 Å². The predicted octanol–water partition coefficient (Wildman–Crippen LogP) is 4.01. The van der Waals surface area contributed by atoms with E-state index in [1.807, 2.05) is 0 Å². The van der Waals surface area contributed by atoms with Crippen molar-refractivity contribution in [1.29, 1.82) is 0 Å². The van der Waals surface area contributed by atoms with Gasteiger partial charge in [0.25, 0.3) is 0 Å². The van der Waals surface area contributed by atoms with Crippen LogP contribution in [0.15, 0.2) is 18.2 Å². The van der Waals surface area contributed by atoms with Crippen molar-refractivity contribution in [3.8, 4) is 0 Å². The summed E-state index contributed by atoms with van der Waals surface area (Å²) >= 11 is 0. The first-order valence-electron chi connectivity index (χ1n) is 7.30. The van der Waals surface area contributed by atoms with Gasteiger partial charge in [-0.15, -0.1) is 0 Å². The smallest absolute Gasteiger partial charge is 0.00134 e. The second-order valence-electron chi connectivity index (χ2n) is 6.48. The molecule has 0 amide bonds. The van der Waals surface area contributed by atoms with Crippen molar-refractivity contribution in [1.82, 2.24) is 5.32 Å². The Morgan fingerprint density at radius 2 is 1.89 bits per heavy atom. The lowest BCUT2D eigenvalue weighted by atomic mass is 9.65. The van der Waals surface area contributed by atoms with Crippen LogP contribution in [0.2, 0.25) is 0 Å². The van der Waals surface area contributed by atoms with Crippen LogP contribution in [0.5, 0.6) is 0 Å². The molecule has 1 nitrogen and oxygen atoms in total. The van der Waals surface area contributed by atoms with Crippen LogP contribution in [0.4, 0.5) is 0 Å². The number of hydrogen-bond donors (Lipinski definition) is 1. The molecule has 0 aromatic heterocycles. The minimum Gasteiger partial charge on any atom is -0.314 e. The third kappa shape index (κ3) is 3.14. The molecule has 1 aromatic rings. The molecule has 0 aliphatic heterocycles. The zero-order valence-electron chi connectivity index (χ0n) is 12.3. The lowest BCUT2D eigenvalue weighted by Gasteiger charge is -2.43. The standard InChI is InChI=1S/C17H27N/c1-13(2)18-12-17(8-5-9-17)11-16-7-6-14(3)15(4)10-16/h6-7,10,13,18H,5,8-9,11-12H2,1-4H3. The average Bonchev–Trinajstić information content (AvgIpc) is 2.26. The number of benzene rings is 1. The van der Waals surface area contributed by atoms with E-state index in [-0.39, 0.29) is 0 Å². The molecule has 0 atom stereocenters. The first-order valence-corrected chi connectivity index (χ1v) is 7.30. The lowest BCUT2D eigenvalue weighted by Crippen LogP contribution is -2.43. The van der Waals surface area contributed by atoms with E-state index in [4.69, 9.17) is 0 Å². The van der Waals surface area contributed by atoms with Crippen LogP contribution < -0.4 is 5.32 Å². The molecule has 1 fully saturated rings. The Hall–Kier alpha value is -0.820. The van der Waals surface area contributed by atoms with Gasteiger partial charge in [-0.3, -0.25) is 0 Å². The minimum atomic E-state index is 0.534. The molecule has 0 spiro atoms. The normalized spacial score (nSPS) is 17.8. The molecule has 0 unspecified atom stereocenters. The van der Waals surface area contributed by atoms with Gasteiger partial charge in [-0.1, -0.05) is 38.5 Å². The van der Waals surface area contributed by atoms with E-state index in [0.29, 0.717) is 11.5 Å². The summed E-state index contributed by atoms with van der Waals surface area (Å²) in [4.78, 5) is 0. The van der Waals surface area contributed by atoms with E-state index in [2.05, 4.69) is 51.2 Å². The molecule has 1 aliphatic rings. The fourth-order valence-electron chi connectivity index (χ4n) is 2.86. The molecule has 100 valence electrons. The minimum absolute atomic E-state index is 0.534. The molecule has 1 heteroatoms. The second-order valence-corrected chi connectivity index (χ2v) is 6.48. The summed E-state index contributed by atoms with van der Waals surface area (Å²) in [6, 6.07) is 7.57.